The highest BCUT2D eigenvalue weighted by Crippen LogP contribution is 2.52. The number of esters is 1. The molecule has 1 fully saturated rings. The Balaban J connectivity index is 1.75. The van der Waals surface area contributed by atoms with Crippen LogP contribution in [-0.4, -0.2) is 50.1 Å². The lowest BCUT2D eigenvalue weighted by Crippen LogP contribution is -2.50. The zero-order valence-electron chi connectivity index (χ0n) is 14.5. The first-order valence-electron chi connectivity index (χ1n) is 8.70. The molecule has 2 aliphatic heterocycles. The summed E-state index contributed by atoms with van der Waals surface area (Å²) in [5, 5.41) is 0. The first kappa shape index (κ1) is 15.6. The van der Waals surface area contributed by atoms with Crippen LogP contribution in [0.5, 0.6) is 0 Å². The van der Waals surface area contributed by atoms with Crippen molar-refractivity contribution in [3.05, 3.63) is 29.3 Å². The number of fused-ring (bicyclic) bond motifs is 2. The van der Waals surface area contributed by atoms with Crippen LogP contribution >= 0.6 is 0 Å². The number of rotatable bonds is 1. The molecule has 0 spiro atoms. The smallest absolute Gasteiger partial charge is 0.309 e. The SMILES string of the molecule is COC(=O)C1CC2c3cccc4c3[C@H](C[C@H]2N(C)C1)CN4C(C)=O. The molecule has 1 saturated heterocycles. The fourth-order valence-corrected chi connectivity index (χ4v) is 5.11. The van der Waals surface area contributed by atoms with Crippen molar-refractivity contribution in [1.29, 1.82) is 0 Å². The molecule has 4 atom stereocenters. The number of anilines is 1. The molecular formula is C19H24N2O3. The second-order valence-electron chi connectivity index (χ2n) is 7.41. The zero-order chi connectivity index (χ0) is 17.0. The molecule has 24 heavy (non-hydrogen) atoms. The van der Waals surface area contributed by atoms with Crippen molar-refractivity contribution in [2.75, 3.05) is 32.1 Å². The third-order valence-electron chi connectivity index (χ3n) is 6.14. The van der Waals surface area contributed by atoms with Gasteiger partial charge < -0.3 is 14.5 Å². The quantitative estimate of drug-likeness (QED) is 0.741. The van der Waals surface area contributed by atoms with Crippen molar-refractivity contribution < 1.29 is 14.3 Å². The molecule has 128 valence electrons. The Bertz CT molecular complexity index is 702. The molecule has 1 aromatic carbocycles. The van der Waals surface area contributed by atoms with Crippen molar-refractivity contribution in [3.63, 3.8) is 0 Å². The van der Waals surface area contributed by atoms with Gasteiger partial charge in [0.05, 0.1) is 13.0 Å². The molecule has 2 unspecified atom stereocenters. The fraction of sp³-hybridized carbons (Fsp3) is 0.579. The van der Waals surface area contributed by atoms with Crippen LogP contribution in [0.15, 0.2) is 18.2 Å². The van der Waals surface area contributed by atoms with Gasteiger partial charge in [0.1, 0.15) is 0 Å². The number of piperidine rings is 1. The minimum Gasteiger partial charge on any atom is -0.469 e. The van der Waals surface area contributed by atoms with Crippen molar-refractivity contribution in [3.8, 4) is 0 Å². The average Bonchev–Trinajstić information content (AvgIpc) is 2.95. The molecule has 5 heteroatoms. The van der Waals surface area contributed by atoms with Gasteiger partial charge in [-0.05, 0) is 37.1 Å². The van der Waals surface area contributed by atoms with Crippen molar-refractivity contribution in [2.24, 2.45) is 5.92 Å². The number of likely N-dealkylation sites (tertiary alicyclic amines) is 1. The van der Waals surface area contributed by atoms with Crippen LogP contribution < -0.4 is 4.90 Å². The Labute approximate surface area is 142 Å². The number of amides is 1. The van der Waals surface area contributed by atoms with Gasteiger partial charge in [0.15, 0.2) is 0 Å². The summed E-state index contributed by atoms with van der Waals surface area (Å²) in [5.41, 5.74) is 3.75. The lowest BCUT2D eigenvalue weighted by molar-refractivity contribution is -0.148. The molecule has 1 aliphatic carbocycles. The maximum atomic E-state index is 12.1. The van der Waals surface area contributed by atoms with E-state index in [2.05, 4.69) is 30.1 Å². The number of hydrogen-bond acceptors (Lipinski definition) is 4. The molecule has 0 saturated carbocycles. The van der Waals surface area contributed by atoms with Crippen LogP contribution in [0.3, 0.4) is 0 Å². The minimum atomic E-state index is -0.111. The summed E-state index contributed by atoms with van der Waals surface area (Å²) in [6.07, 6.45) is 1.90. The normalized spacial score (nSPS) is 31.4. The van der Waals surface area contributed by atoms with Gasteiger partial charge in [0, 0.05) is 43.6 Å². The van der Waals surface area contributed by atoms with E-state index >= 15 is 0 Å². The molecule has 0 N–H and O–H groups in total. The van der Waals surface area contributed by atoms with Crippen molar-refractivity contribution >= 4 is 17.6 Å². The highest BCUT2D eigenvalue weighted by molar-refractivity contribution is 5.94. The molecule has 5 nitrogen and oxygen atoms in total. The van der Waals surface area contributed by atoms with Gasteiger partial charge in [-0.3, -0.25) is 9.59 Å². The molecule has 1 aromatic rings. The Morgan fingerprint density at radius 3 is 2.71 bits per heavy atom. The highest BCUT2D eigenvalue weighted by Gasteiger charge is 2.47. The average molecular weight is 328 g/mol. The summed E-state index contributed by atoms with van der Waals surface area (Å²) in [5.74, 6) is 0.685. The molecule has 1 amide bonds. The van der Waals surface area contributed by atoms with E-state index in [1.165, 1.54) is 18.2 Å². The van der Waals surface area contributed by atoms with Crippen LogP contribution in [0, 0.1) is 5.92 Å². The second kappa shape index (κ2) is 5.59. The number of likely N-dealkylation sites (N-methyl/N-ethyl adjacent to an activating group) is 1. The maximum absolute atomic E-state index is 12.1. The lowest BCUT2D eigenvalue weighted by Gasteiger charge is -2.46. The predicted molar refractivity (Wildman–Crippen MR) is 91.1 cm³/mol. The molecular weight excluding hydrogens is 304 g/mol. The van der Waals surface area contributed by atoms with E-state index in [0.717, 1.165) is 31.6 Å². The van der Waals surface area contributed by atoms with E-state index in [0.29, 0.717) is 17.9 Å². The highest BCUT2D eigenvalue weighted by atomic mass is 16.5. The summed E-state index contributed by atoms with van der Waals surface area (Å²) >= 11 is 0. The molecule has 3 aliphatic rings. The van der Waals surface area contributed by atoms with Gasteiger partial charge in [0.2, 0.25) is 5.91 Å². The van der Waals surface area contributed by atoms with Crippen LogP contribution in [0.25, 0.3) is 0 Å². The Kier molecular flexibility index (Phi) is 3.64. The first-order chi connectivity index (χ1) is 11.5. The van der Waals surface area contributed by atoms with Gasteiger partial charge in [-0.1, -0.05) is 12.1 Å². The lowest BCUT2D eigenvalue weighted by atomic mass is 9.68. The minimum absolute atomic E-state index is 0.0704. The number of methoxy groups -OCH3 is 1. The molecule has 2 heterocycles. The number of carbonyl (C=O) groups excluding carboxylic acids is 2. The van der Waals surface area contributed by atoms with E-state index in [-0.39, 0.29) is 17.8 Å². The summed E-state index contributed by atoms with van der Waals surface area (Å²) in [6, 6.07) is 6.74. The van der Waals surface area contributed by atoms with Gasteiger partial charge in [0.25, 0.3) is 0 Å². The van der Waals surface area contributed by atoms with E-state index in [1.807, 2.05) is 4.90 Å². The molecule has 0 bridgehead atoms. The second-order valence-corrected chi connectivity index (χ2v) is 7.41. The molecule has 0 radical (unpaired) electrons. The van der Waals surface area contributed by atoms with E-state index in [1.54, 1.807) is 6.92 Å². The third-order valence-corrected chi connectivity index (χ3v) is 6.14. The van der Waals surface area contributed by atoms with Crippen LogP contribution in [-0.2, 0) is 14.3 Å². The Morgan fingerprint density at radius 2 is 2.00 bits per heavy atom. The summed E-state index contributed by atoms with van der Waals surface area (Å²) in [6.45, 7) is 3.19. The number of benzene rings is 1. The number of carbonyl (C=O) groups is 2. The van der Waals surface area contributed by atoms with Gasteiger partial charge >= 0.3 is 5.97 Å². The zero-order valence-corrected chi connectivity index (χ0v) is 14.5. The number of ether oxygens (including phenoxy) is 1. The van der Waals surface area contributed by atoms with E-state index in [9.17, 15) is 9.59 Å². The van der Waals surface area contributed by atoms with Crippen LogP contribution in [0.1, 0.15) is 42.7 Å². The monoisotopic (exact) mass is 328 g/mol. The van der Waals surface area contributed by atoms with Gasteiger partial charge in [-0.2, -0.15) is 0 Å². The predicted octanol–water partition coefficient (Wildman–Crippen LogP) is 2.12. The number of nitrogens with zero attached hydrogens (tertiary/aromatic N) is 2. The third kappa shape index (κ3) is 2.18. The maximum Gasteiger partial charge on any atom is 0.309 e. The van der Waals surface area contributed by atoms with E-state index in [4.69, 9.17) is 4.74 Å². The summed E-state index contributed by atoms with van der Waals surface area (Å²) < 4.78 is 4.99. The van der Waals surface area contributed by atoms with Gasteiger partial charge in [-0.15, -0.1) is 0 Å². The van der Waals surface area contributed by atoms with Gasteiger partial charge in [-0.25, -0.2) is 0 Å². The Morgan fingerprint density at radius 1 is 1.21 bits per heavy atom. The molecule has 0 aromatic heterocycles. The fourth-order valence-electron chi connectivity index (χ4n) is 5.11. The summed E-state index contributed by atoms with van der Waals surface area (Å²) in [7, 11) is 3.58. The number of hydrogen-bond donors (Lipinski definition) is 0. The molecule has 4 rings (SSSR count). The first-order valence-corrected chi connectivity index (χ1v) is 8.70. The Hall–Kier alpha value is -1.88. The van der Waals surface area contributed by atoms with Crippen LogP contribution in [0.4, 0.5) is 5.69 Å². The van der Waals surface area contributed by atoms with Crippen molar-refractivity contribution in [1.82, 2.24) is 4.90 Å². The summed E-state index contributed by atoms with van der Waals surface area (Å²) in [4.78, 5) is 28.3. The standard InChI is InChI=1S/C19H24N2O3/c1-11(22)21-10-12-8-17-15(14-5-4-6-16(21)18(12)14)7-13(9-20(17)2)19(23)24-3/h4-6,12-13,15,17H,7-10H2,1-3H3/t12-,13?,15?,17-/m1/s1. The largest absolute Gasteiger partial charge is 0.469 e. The van der Waals surface area contributed by atoms with E-state index < -0.39 is 0 Å². The topological polar surface area (TPSA) is 49.9 Å². The van der Waals surface area contributed by atoms with Crippen molar-refractivity contribution in [2.45, 2.75) is 37.6 Å². The van der Waals surface area contributed by atoms with Crippen LogP contribution in [0.2, 0.25) is 0 Å².